The van der Waals surface area contributed by atoms with Gasteiger partial charge in [-0.1, -0.05) is 23.7 Å². The number of anilines is 1. The van der Waals surface area contributed by atoms with Crippen molar-refractivity contribution in [2.75, 3.05) is 25.0 Å². The largest absolute Gasteiger partial charge is 0.363 e. The van der Waals surface area contributed by atoms with E-state index in [1.807, 2.05) is 42.6 Å². The van der Waals surface area contributed by atoms with E-state index < -0.39 is 0 Å². The average molecular weight is 363 g/mol. The minimum Gasteiger partial charge on any atom is -0.363 e. The SMILES string of the molecule is CN=C(NCc1ccc(Cl)cc1)NC1CCN(c2cccs2)CC1. The highest BCUT2D eigenvalue weighted by Crippen LogP contribution is 2.24. The van der Waals surface area contributed by atoms with Gasteiger partial charge in [-0.2, -0.15) is 0 Å². The molecule has 0 bridgehead atoms. The van der Waals surface area contributed by atoms with Gasteiger partial charge in [-0.15, -0.1) is 11.3 Å². The molecule has 2 heterocycles. The minimum atomic E-state index is 0.470. The molecule has 1 aliphatic heterocycles. The third kappa shape index (κ3) is 4.65. The Morgan fingerprint density at radius 3 is 2.62 bits per heavy atom. The number of nitrogens with zero attached hydrogens (tertiary/aromatic N) is 2. The van der Waals surface area contributed by atoms with Gasteiger partial charge in [0.2, 0.25) is 0 Å². The monoisotopic (exact) mass is 362 g/mol. The molecule has 2 aromatic rings. The van der Waals surface area contributed by atoms with Crippen LogP contribution in [0.3, 0.4) is 0 Å². The van der Waals surface area contributed by atoms with Gasteiger partial charge in [-0.25, -0.2) is 0 Å². The maximum atomic E-state index is 5.92. The Morgan fingerprint density at radius 2 is 2.00 bits per heavy atom. The molecule has 128 valence electrons. The summed E-state index contributed by atoms with van der Waals surface area (Å²) in [4.78, 5) is 6.81. The first-order chi connectivity index (χ1) is 11.7. The number of piperidine rings is 1. The lowest BCUT2D eigenvalue weighted by Gasteiger charge is -2.33. The predicted molar refractivity (Wildman–Crippen MR) is 104 cm³/mol. The van der Waals surface area contributed by atoms with E-state index in [2.05, 4.69) is 38.0 Å². The Morgan fingerprint density at radius 1 is 1.25 bits per heavy atom. The zero-order chi connectivity index (χ0) is 16.8. The summed E-state index contributed by atoms with van der Waals surface area (Å²) < 4.78 is 0. The number of hydrogen-bond acceptors (Lipinski definition) is 3. The zero-order valence-corrected chi connectivity index (χ0v) is 15.4. The first-order valence-corrected chi connectivity index (χ1v) is 9.50. The van der Waals surface area contributed by atoms with Crippen LogP contribution < -0.4 is 15.5 Å². The van der Waals surface area contributed by atoms with Crippen molar-refractivity contribution in [3.8, 4) is 0 Å². The van der Waals surface area contributed by atoms with E-state index in [1.54, 1.807) is 0 Å². The molecule has 6 heteroatoms. The van der Waals surface area contributed by atoms with Gasteiger partial charge in [0.05, 0.1) is 5.00 Å². The fourth-order valence-corrected chi connectivity index (χ4v) is 3.78. The maximum absolute atomic E-state index is 5.92. The Bertz CT molecular complexity index is 646. The third-order valence-electron chi connectivity index (χ3n) is 4.25. The summed E-state index contributed by atoms with van der Waals surface area (Å²) in [5.74, 6) is 0.861. The van der Waals surface area contributed by atoms with E-state index in [0.29, 0.717) is 6.04 Å². The molecule has 0 radical (unpaired) electrons. The average Bonchev–Trinajstić information content (AvgIpc) is 3.15. The summed E-state index contributed by atoms with van der Waals surface area (Å²) >= 11 is 7.74. The van der Waals surface area contributed by atoms with Crippen LogP contribution in [0.25, 0.3) is 0 Å². The molecule has 1 saturated heterocycles. The lowest BCUT2D eigenvalue weighted by atomic mass is 10.1. The third-order valence-corrected chi connectivity index (χ3v) is 5.43. The summed E-state index contributed by atoms with van der Waals surface area (Å²) in [5.41, 5.74) is 1.19. The Labute approximate surface area is 152 Å². The second-order valence-electron chi connectivity index (χ2n) is 5.91. The van der Waals surface area contributed by atoms with E-state index in [-0.39, 0.29) is 0 Å². The van der Waals surface area contributed by atoms with Crippen LogP contribution in [0.15, 0.2) is 46.8 Å². The van der Waals surface area contributed by atoms with Gasteiger partial charge in [0.25, 0.3) is 0 Å². The lowest BCUT2D eigenvalue weighted by molar-refractivity contribution is 0.463. The summed E-state index contributed by atoms with van der Waals surface area (Å²) in [6, 6.07) is 12.7. The summed E-state index contributed by atoms with van der Waals surface area (Å²) in [5, 5.41) is 11.2. The summed E-state index contributed by atoms with van der Waals surface area (Å²) in [6.45, 7) is 2.92. The molecule has 1 fully saturated rings. The fourth-order valence-electron chi connectivity index (χ4n) is 2.87. The smallest absolute Gasteiger partial charge is 0.191 e. The number of hydrogen-bond donors (Lipinski definition) is 2. The molecule has 0 aliphatic carbocycles. The highest BCUT2D eigenvalue weighted by molar-refractivity contribution is 7.14. The van der Waals surface area contributed by atoms with Gasteiger partial charge in [0, 0.05) is 37.7 Å². The number of guanidine groups is 1. The van der Waals surface area contributed by atoms with Crippen LogP contribution in [0.1, 0.15) is 18.4 Å². The van der Waals surface area contributed by atoms with Crippen LogP contribution in [0.4, 0.5) is 5.00 Å². The Kier molecular flexibility index (Phi) is 5.99. The molecule has 4 nitrogen and oxygen atoms in total. The second kappa shape index (κ2) is 8.40. The Balaban J connectivity index is 1.45. The second-order valence-corrected chi connectivity index (χ2v) is 7.27. The van der Waals surface area contributed by atoms with Gasteiger partial charge >= 0.3 is 0 Å². The molecular weight excluding hydrogens is 340 g/mol. The normalized spacial score (nSPS) is 16.2. The van der Waals surface area contributed by atoms with Crippen molar-refractivity contribution in [3.63, 3.8) is 0 Å². The van der Waals surface area contributed by atoms with Crippen LogP contribution in [0.5, 0.6) is 0 Å². The van der Waals surface area contributed by atoms with E-state index in [0.717, 1.165) is 43.5 Å². The molecule has 0 spiro atoms. The Hall–Kier alpha value is -1.72. The molecule has 1 aliphatic rings. The number of benzene rings is 1. The fraction of sp³-hybridized carbons (Fsp3) is 0.389. The van der Waals surface area contributed by atoms with Crippen molar-refractivity contribution >= 4 is 33.9 Å². The van der Waals surface area contributed by atoms with Crippen LogP contribution in [0.2, 0.25) is 5.02 Å². The molecule has 3 rings (SSSR count). The standard InChI is InChI=1S/C18H23ClN4S/c1-20-18(21-13-14-4-6-15(19)7-5-14)22-16-8-10-23(11-9-16)17-3-2-12-24-17/h2-7,12,16H,8-11,13H2,1H3,(H2,20,21,22). The summed E-state index contributed by atoms with van der Waals surface area (Å²) in [6.07, 6.45) is 2.25. The van der Waals surface area contributed by atoms with Crippen LogP contribution >= 0.6 is 22.9 Å². The topological polar surface area (TPSA) is 39.7 Å². The van der Waals surface area contributed by atoms with E-state index in [4.69, 9.17) is 11.6 Å². The molecule has 0 saturated carbocycles. The molecule has 0 atom stereocenters. The van der Waals surface area contributed by atoms with Crippen LogP contribution in [-0.2, 0) is 6.54 Å². The number of thiophene rings is 1. The van der Waals surface area contributed by atoms with Crippen molar-refractivity contribution in [1.82, 2.24) is 10.6 Å². The minimum absolute atomic E-state index is 0.470. The van der Waals surface area contributed by atoms with Crippen LogP contribution in [-0.4, -0.2) is 32.1 Å². The molecule has 2 N–H and O–H groups in total. The van der Waals surface area contributed by atoms with Crippen molar-refractivity contribution in [1.29, 1.82) is 0 Å². The van der Waals surface area contributed by atoms with Crippen molar-refractivity contribution < 1.29 is 0 Å². The molecule has 0 unspecified atom stereocenters. The van der Waals surface area contributed by atoms with Gasteiger partial charge in [0.1, 0.15) is 0 Å². The first-order valence-electron chi connectivity index (χ1n) is 8.24. The quantitative estimate of drug-likeness (QED) is 0.643. The van der Waals surface area contributed by atoms with Gasteiger partial charge in [0.15, 0.2) is 5.96 Å². The van der Waals surface area contributed by atoms with Crippen molar-refractivity contribution in [2.24, 2.45) is 4.99 Å². The predicted octanol–water partition coefficient (Wildman–Crippen LogP) is 3.74. The first kappa shape index (κ1) is 17.1. The summed E-state index contributed by atoms with van der Waals surface area (Å²) in [7, 11) is 1.82. The van der Waals surface area contributed by atoms with Crippen LogP contribution in [0, 0.1) is 0 Å². The van der Waals surface area contributed by atoms with Gasteiger partial charge < -0.3 is 15.5 Å². The molecule has 24 heavy (non-hydrogen) atoms. The van der Waals surface area contributed by atoms with Crippen molar-refractivity contribution in [3.05, 3.63) is 52.4 Å². The van der Waals surface area contributed by atoms with Crippen molar-refractivity contribution in [2.45, 2.75) is 25.4 Å². The maximum Gasteiger partial charge on any atom is 0.191 e. The van der Waals surface area contributed by atoms with E-state index in [9.17, 15) is 0 Å². The van der Waals surface area contributed by atoms with E-state index in [1.165, 1.54) is 10.6 Å². The van der Waals surface area contributed by atoms with Gasteiger partial charge in [-0.05, 0) is 48.1 Å². The highest BCUT2D eigenvalue weighted by Gasteiger charge is 2.20. The lowest BCUT2D eigenvalue weighted by Crippen LogP contribution is -2.48. The number of halogens is 1. The number of rotatable bonds is 4. The molecular formula is C18H23ClN4S. The molecule has 1 aromatic heterocycles. The highest BCUT2D eigenvalue weighted by atomic mass is 35.5. The van der Waals surface area contributed by atoms with Gasteiger partial charge in [-0.3, -0.25) is 4.99 Å². The zero-order valence-electron chi connectivity index (χ0n) is 13.8. The number of aliphatic imine (C=N–C) groups is 1. The number of nitrogens with one attached hydrogen (secondary N) is 2. The van der Waals surface area contributed by atoms with E-state index >= 15 is 0 Å². The molecule has 0 amide bonds. The molecule has 1 aromatic carbocycles.